The lowest BCUT2D eigenvalue weighted by Crippen LogP contribution is -2.38. The quantitative estimate of drug-likeness (QED) is 0.444. The molecule has 2 aromatic rings. The standard InChI is InChI=1S/C23H27N3O3/c1-4-25(5-2)14-15-26-20(18-8-6-7-13-24-18)19(22(28)23(26)29)21(27)17-11-9-16(3)10-12-17/h6-13,20,27H,4-5,14-15H2,1-3H3/b21-19+. The molecule has 1 saturated heterocycles. The minimum Gasteiger partial charge on any atom is -0.507 e. The molecule has 0 spiro atoms. The Morgan fingerprint density at radius 3 is 2.38 bits per heavy atom. The summed E-state index contributed by atoms with van der Waals surface area (Å²) in [6, 6.07) is 11.9. The van der Waals surface area contributed by atoms with Gasteiger partial charge in [0.2, 0.25) is 0 Å². The second-order valence-corrected chi connectivity index (χ2v) is 7.14. The second-order valence-electron chi connectivity index (χ2n) is 7.14. The molecular weight excluding hydrogens is 366 g/mol. The summed E-state index contributed by atoms with van der Waals surface area (Å²) in [5, 5.41) is 11.0. The molecule has 3 rings (SSSR count). The molecule has 6 nitrogen and oxygen atoms in total. The third-order valence-electron chi connectivity index (χ3n) is 5.38. The lowest BCUT2D eigenvalue weighted by atomic mass is 9.98. The number of rotatable bonds is 7. The number of hydrogen-bond donors (Lipinski definition) is 1. The second kappa shape index (κ2) is 9.01. The zero-order chi connectivity index (χ0) is 21.0. The van der Waals surface area contributed by atoms with Gasteiger partial charge in [-0.05, 0) is 32.1 Å². The number of carbonyl (C=O) groups is 2. The molecule has 1 aromatic heterocycles. The van der Waals surface area contributed by atoms with Crippen LogP contribution in [0.4, 0.5) is 0 Å². The van der Waals surface area contributed by atoms with Crippen LogP contribution in [0, 0.1) is 6.92 Å². The van der Waals surface area contributed by atoms with Crippen LogP contribution in [-0.4, -0.2) is 57.8 Å². The van der Waals surface area contributed by atoms with Crippen LogP contribution < -0.4 is 0 Å². The monoisotopic (exact) mass is 393 g/mol. The Bertz CT molecular complexity index is 903. The number of aromatic nitrogens is 1. The smallest absolute Gasteiger partial charge is 0.295 e. The summed E-state index contributed by atoms with van der Waals surface area (Å²) in [6.45, 7) is 8.82. The van der Waals surface area contributed by atoms with Crippen molar-refractivity contribution < 1.29 is 14.7 Å². The van der Waals surface area contributed by atoms with Gasteiger partial charge in [0, 0.05) is 24.8 Å². The van der Waals surface area contributed by atoms with E-state index < -0.39 is 17.7 Å². The van der Waals surface area contributed by atoms with Crippen LogP contribution in [0.15, 0.2) is 54.2 Å². The number of amides is 1. The van der Waals surface area contributed by atoms with Crippen LogP contribution in [0.25, 0.3) is 5.76 Å². The highest BCUT2D eigenvalue weighted by Crippen LogP contribution is 2.38. The molecule has 6 heteroatoms. The number of carbonyl (C=O) groups excluding carboxylic acids is 2. The number of ketones is 1. The van der Waals surface area contributed by atoms with Gasteiger partial charge in [-0.2, -0.15) is 0 Å². The van der Waals surface area contributed by atoms with E-state index in [1.807, 2.05) is 25.1 Å². The zero-order valence-electron chi connectivity index (χ0n) is 17.1. The van der Waals surface area contributed by atoms with Crippen molar-refractivity contribution in [2.45, 2.75) is 26.8 Å². The number of pyridine rings is 1. The highest BCUT2D eigenvalue weighted by Gasteiger charge is 2.46. The zero-order valence-corrected chi connectivity index (χ0v) is 17.1. The fraction of sp³-hybridized carbons (Fsp3) is 0.348. The first-order valence-electron chi connectivity index (χ1n) is 9.96. The Labute approximate surface area is 171 Å². The number of likely N-dealkylation sites (tertiary alicyclic amines) is 1. The van der Waals surface area contributed by atoms with E-state index in [-0.39, 0.29) is 11.3 Å². The van der Waals surface area contributed by atoms with Gasteiger partial charge >= 0.3 is 0 Å². The molecule has 1 aromatic carbocycles. The molecule has 1 unspecified atom stereocenters. The summed E-state index contributed by atoms with van der Waals surface area (Å²) in [5.41, 5.74) is 2.22. The minimum atomic E-state index is -0.701. The maximum absolute atomic E-state index is 12.9. The number of benzene rings is 1. The molecule has 1 atom stereocenters. The summed E-state index contributed by atoms with van der Waals surface area (Å²) in [5.74, 6) is -1.43. The molecule has 152 valence electrons. The molecule has 0 saturated carbocycles. The SMILES string of the molecule is CCN(CC)CCN1C(=O)C(=O)/C(=C(/O)c2ccc(C)cc2)C1c1ccccn1. The Hall–Kier alpha value is -2.99. The van der Waals surface area contributed by atoms with Gasteiger partial charge in [-0.25, -0.2) is 0 Å². The Kier molecular flexibility index (Phi) is 6.44. The van der Waals surface area contributed by atoms with Crippen molar-refractivity contribution >= 4 is 17.4 Å². The minimum absolute atomic E-state index is 0.0945. The fourth-order valence-electron chi connectivity index (χ4n) is 3.61. The van der Waals surface area contributed by atoms with E-state index in [0.717, 1.165) is 18.7 Å². The van der Waals surface area contributed by atoms with Crippen LogP contribution >= 0.6 is 0 Å². The summed E-state index contributed by atoms with van der Waals surface area (Å²) in [4.78, 5) is 33.9. The number of likely N-dealkylation sites (N-methyl/N-ethyl adjacent to an activating group) is 1. The number of aryl methyl sites for hydroxylation is 1. The van der Waals surface area contributed by atoms with Gasteiger partial charge in [0.1, 0.15) is 11.8 Å². The van der Waals surface area contributed by atoms with Crippen LogP contribution in [0.1, 0.15) is 36.7 Å². The number of nitrogens with zero attached hydrogens (tertiary/aromatic N) is 3. The van der Waals surface area contributed by atoms with E-state index in [9.17, 15) is 14.7 Å². The average molecular weight is 393 g/mol. The highest BCUT2D eigenvalue weighted by atomic mass is 16.3. The first kappa shape index (κ1) is 20.7. The van der Waals surface area contributed by atoms with Crippen molar-refractivity contribution in [3.63, 3.8) is 0 Å². The Morgan fingerprint density at radius 2 is 1.79 bits per heavy atom. The number of aliphatic hydroxyl groups is 1. The third-order valence-corrected chi connectivity index (χ3v) is 5.38. The van der Waals surface area contributed by atoms with Crippen molar-refractivity contribution in [2.75, 3.05) is 26.2 Å². The lowest BCUT2D eigenvalue weighted by molar-refractivity contribution is -0.140. The number of aliphatic hydroxyl groups excluding tert-OH is 1. The number of hydrogen-bond acceptors (Lipinski definition) is 5. The lowest BCUT2D eigenvalue weighted by Gasteiger charge is -2.27. The van der Waals surface area contributed by atoms with E-state index in [4.69, 9.17) is 0 Å². The summed E-state index contributed by atoms with van der Waals surface area (Å²) in [6.07, 6.45) is 1.63. The van der Waals surface area contributed by atoms with E-state index in [2.05, 4.69) is 23.7 Å². The molecular formula is C23H27N3O3. The molecule has 0 bridgehead atoms. The van der Waals surface area contributed by atoms with Crippen LogP contribution in [0.3, 0.4) is 0 Å². The van der Waals surface area contributed by atoms with E-state index in [0.29, 0.717) is 24.3 Å². The summed E-state index contributed by atoms with van der Waals surface area (Å²) >= 11 is 0. The van der Waals surface area contributed by atoms with Crippen LogP contribution in [0.2, 0.25) is 0 Å². The Morgan fingerprint density at radius 1 is 1.10 bits per heavy atom. The van der Waals surface area contributed by atoms with Crippen LogP contribution in [0.5, 0.6) is 0 Å². The van der Waals surface area contributed by atoms with E-state index >= 15 is 0 Å². The van der Waals surface area contributed by atoms with Gasteiger partial charge < -0.3 is 14.9 Å². The van der Waals surface area contributed by atoms with Gasteiger partial charge in [0.05, 0.1) is 11.3 Å². The fourth-order valence-corrected chi connectivity index (χ4v) is 3.61. The van der Waals surface area contributed by atoms with Gasteiger partial charge in [0.25, 0.3) is 11.7 Å². The molecule has 1 fully saturated rings. The van der Waals surface area contributed by atoms with Gasteiger partial charge in [-0.15, -0.1) is 0 Å². The van der Waals surface area contributed by atoms with Crippen molar-refractivity contribution in [3.05, 3.63) is 71.1 Å². The average Bonchev–Trinajstić information content (AvgIpc) is 3.00. The topological polar surface area (TPSA) is 73.7 Å². The maximum Gasteiger partial charge on any atom is 0.295 e. The largest absolute Gasteiger partial charge is 0.507 e. The summed E-state index contributed by atoms with van der Waals surface area (Å²) in [7, 11) is 0. The van der Waals surface area contributed by atoms with Crippen molar-refractivity contribution in [2.24, 2.45) is 0 Å². The molecule has 0 aliphatic carbocycles. The highest BCUT2D eigenvalue weighted by molar-refractivity contribution is 6.46. The van der Waals surface area contributed by atoms with Crippen molar-refractivity contribution in [1.82, 2.24) is 14.8 Å². The molecule has 1 aliphatic heterocycles. The van der Waals surface area contributed by atoms with E-state index in [1.165, 1.54) is 4.90 Å². The Balaban J connectivity index is 2.06. The predicted octanol–water partition coefficient (Wildman–Crippen LogP) is 3.15. The van der Waals surface area contributed by atoms with Gasteiger partial charge in [-0.1, -0.05) is 49.7 Å². The molecule has 1 amide bonds. The van der Waals surface area contributed by atoms with Crippen molar-refractivity contribution in [3.8, 4) is 0 Å². The third kappa shape index (κ3) is 4.22. The molecule has 1 N–H and O–H groups in total. The van der Waals surface area contributed by atoms with Crippen molar-refractivity contribution in [1.29, 1.82) is 0 Å². The normalized spacial score (nSPS) is 18.6. The molecule has 29 heavy (non-hydrogen) atoms. The van der Waals surface area contributed by atoms with Gasteiger partial charge in [-0.3, -0.25) is 14.6 Å². The molecule has 2 heterocycles. The molecule has 1 aliphatic rings. The summed E-state index contributed by atoms with van der Waals surface area (Å²) < 4.78 is 0. The van der Waals surface area contributed by atoms with Gasteiger partial charge in [0.15, 0.2) is 0 Å². The van der Waals surface area contributed by atoms with E-state index in [1.54, 1.807) is 30.5 Å². The first-order valence-corrected chi connectivity index (χ1v) is 9.96. The van der Waals surface area contributed by atoms with Crippen LogP contribution in [-0.2, 0) is 9.59 Å². The first-order chi connectivity index (χ1) is 14.0. The maximum atomic E-state index is 12.9. The number of Topliss-reactive ketones (excluding diaryl/α,β-unsaturated/α-hetero) is 1. The molecule has 0 radical (unpaired) electrons. The predicted molar refractivity (Wildman–Crippen MR) is 112 cm³/mol.